The maximum Gasteiger partial charge on any atom is 0.407 e. The number of amides is 1. The molecule has 3 saturated carbocycles. The Labute approximate surface area is 141 Å². The molecular weight excluding hydrogens is 288 g/mol. The Bertz CT molecular complexity index is 471. The highest BCUT2D eigenvalue weighted by atomic mass is 16.6. The van der Waals surface area contributed by atoms with Crippen LogP contribution in [0.4, 0.5) is 4.79 Å². The highest BCUT2D eigenvalue weighted by molar-refractivity contribution is 5.68. The summed E-state index contributed by atoms with van der Waals surface area (Å²) in [6.45, 7) is 13.0. The Morgan fingerprint density at radius 1 is 1.13 bits per heavy atom. The summed E-state index contributed by atoms with van der Waals surface area (Å²) in [5.41, 5.74) is 0.446. The summed E-state index contributed by atoms with van der Waals surface area (Å²) in [5.74, 6) is 0.876. The average molecular weight is 322 g/mol. The molecule has 0 saturated heterocycles. The maximum atomic E-state index is 11.8. The quantitative estimate of drug-likeness (QED) is 0.830. The summed E-state index contributed by atoms with van der Waals surface area (Å²) >= 11 is 0. The van der Waals surface area contributed by atoms with Crippen LogP contribution in [-0.4, -0.2) is 29.8 Å². The average Bonchev–Trinajstić information content (AvgIpc) is 2.79. The molecule has 2 bridgehead atoms. The van der Waals surface area contributed by atoms with Gasteiger partial charge in [-0.15, -0.1) is 0 Å². The first-order chi connectivity index (χ1) is 10.5. The molecule has 2 N–H and O–H groups in total. The van der Waals surface area contributed by atoms with E-state index in [1.54, 1.807) is 0 Å². The van der Waals surface area contributed by atoms with Gasteiger partial charge in [-0.1, -0.05) is 20.8 Å². The van der Waals surface area contributed by atoms with Gasteiger partial charge >= 0.3 is 6.09 Å². The Balaban J connectivity index is 1.47. The van der Waals surface area contributed by atoms with Crippen molar-refractivity contribution >= 4 is 6.09 Å². The fraction of sp³-hybridized carbons (Fsp3) is 0.947. The topological polar surface area (TPSA) is 50.4 Å². The first-order valence-corrected chi connectivity index (χ1v) is 9.25. The third kappa shape index (κ3) is 3.24. The lowest BCUT2D eigenvalue weighted by atomic mass is 9.67. The van der Waals surface area contributed by atoms with Crippen LogP contribution in [0.25, 0.3) is 0 Å². The largest absolute Gasteiger partial charge is 0.444 e. The van der Waals surface area contributed by atoms with Gasteiger partial charge in [0.25, 0.3) is 0 Å². The summed E-state index contributed by atoms with van der Waals surface area (Å²) in [6, 6.07) is 1.41. The third-order valence-corrected chi connectivity index (χ3v) is 6.53. The van der Waals surface area contributed by atoms with Crippen LogP contribution in [0.15, 0.2) is 0 Å². The molecule has 3 atom stereocenters. The summed E-state index contributed by atoms with van der Waals surface area (Å²) in [6.07, 6.45) is 5.90. The van der Waals surface area contributed by atoms with Gasteiger partial charge in [-0.2, -0.15) is 0 Å². The van der Waals surface area contributed by atoms with E-state index >= 15 is 0 Å². The van der Waals surface area contributed by atoms with Gasteiger partial charge in [0.15, 0.2) is 0 Å². The van der Waals surface area contributed by atoms with Gasteiger partial charge in [0.2, 0.25) is 0 Å². The molecule has 1 amide bonds. The first-order valence-electron chi connectivity index (χ1n) is 9.25. The van der Waals surface area contributed by atoms with Crippen molar-refractivity contribution in [2.75, 3.05) is 0 Å². The molecule has 3 aliphatic rings. The summed E-state index contributed by atoms with van der Waals surface area (Å²) in [7, 11) is 0. The molecule has 0 aromatic rings. The molecule has 0 aliphatic heterocycles. The van der Waals surface area contributed by atoms with E-state index < -0.39 is 5.60 Å². The number of nitrogens with one attached hydrogen (secondary N) is 2. The zero-order valence-electron chi connectivity index (χ0n) is 15.7. The Morgan fingerprint density at radius 2 is 1.78 bits per heavy atom. The van der Waals surface area contributed by atoms with Crippen molar-refractivity contribution in [2.45, 2.75) is 97.4 Å². The maximum absolute atomic E-state index is 11.8. The van der Waals surface area contributed by atoms with Gasteiger partial charge in [-0.3, -0.25) is 0 Å². The van der Waals surface area contributed by atoms with Crippen molar-refractivity contribution in [1.82, 2.24) is 10.6 Å². The number of fused-ring (bicyclic) bond motifs is 2. The zero-order chi connectivity index (χ0) is 17.0. The van der Waals surface area contributed by atoms with Crippen molar-refractivity contribution < 1.29 is 9.53 Å². The van der Waals surface area contributed by atoms with Gasteiger partial charge in [-0.25, -0.2) is 4.79 Å². The van der Waals surface area contributed by atoms with Crippen LogP contribution in [0.3, 0.4) is 0 Å². The van der Waals surface area contributed by atoms with E-state index in [0.717, 1.165) is 18.8 Å². The SMILES string of the molecule is CC(C)(C)OC(=O)NC1CC(NC2C(C)(C)[C@H]3CC[C@]2(C)C3)C1. The lowest BCUT2D eigenvalue weighted by Crippen LogP contribution is -2.60. The predicted octanol–water partition coefficient (Wildman–Crippen LogP) is 3.85. The van der Waals surface area contributed by atoms with Crippen molar-refractivity contribution in [1.29, 1.82) is 0 Å². The molecule has 0 spiro atoms. The smallest absolute Gasteiger partial charge is 0.407 e. The molecule has 0 heterocycles. The fourth-order valence-corrected chi connectivity index (χ4v) is 5.30. The Hall–Kier alpha value is -0.770. The molecule has 0 aromatic heterocycles. The number of hydrogen-bond donors (Lipinski definition) is 2. The lowest BCUT2D eigenvalue weighted by Gasteiger charge is -2.48. The molecule has 3 fully saturated rings. The Kier molecular flexibility index (Phi) is 3.98. The Morgan fingerprint density at radius 3 is 2.30 bits per heavy atom. The fourth-order valence-electron chi connectivity index (χ4n) is 5.30. The molecule has 3 rings (SSSR count). The lowest BCUT2D eigenvalue weighted by molar-refractivity contribution is 0.0424. The van der Waals surface area contributed by atoms with Crippen LogP contribution in [0.1, 0.15) is 73.6 Å². The summed E-state index contributed by atoms with van der Waals surface area (Å²) in [5, 5.41) is 6.93. The van der Waals surface area contributed by atoms with E-state index in [1.165, 1.54) is 19.3 Å². The third-order valence-electron chi connectivity index (χ3n) is 6.53. The number of rotatable bonds is 3. The molecule has 1 unspecified atom stereocenters. The second-order valence-corrected chi connectivity index (χ2v) is 10.0. The summed E-state index contributed by atoms with van der Waals surface area (Å²) in [4.78, 5) is 11.8. The monoisotopic (exact) mass is 322 g/mol. The van der Waals surface area contributed by atoms with E-state index in [-0.39, 0.29) is 12.1 Å². The van der Waals surface area contributed by atoms with Gasteiger partial charge in [-0.05, 0) is 69.6 Å². The molecule has 3 aliphatic carbocycles. The van der Waals surface area contributed by atoms with Crippen molar-refractivity contribution in [3.05, 3.63) is 0 Å². The summed E-state index contributed by atoms with van der Waals surface area (Å²) < 4.78 is 5.33. The van der Waals surface area contributed by atoms with Crippen molar-refractivity contribution in [3.63, 3.8) is 0 Å². The van der Waals surface area contributed by atoms with Crippen LogP contribution in [0, 0.1) is 16.7 Å². The molecule has 4 nitrogen and oxygen atoms in total. The molecular formula is C19H34N2O2. The van der Waals surface area contributed by atoms with E-state index in [9.17, 15) is 4.79 Å². The standard InChI is InChI=1S/C19H34N2O2/c1-17(2,3)23-16(22)21-14-9-13(10-14)20-15-18(4,5)12-7-8-19(15,6)11-12/h12-15,20H,7-11H2,1-6H3,(H,21,22)/t12-,13?,14?,15?,19+/m0/s1. The van der Waals surface area contributed by atoms with Gasteiger partial charge in [0.1, 0.15) is 5.60 Å². The van der Waals surface area contributed by atoms with Crippen LogP contribution >= 0.6 is 0 Å². The number of alkyl carbamates (subject to hydrolysis) is 1. The second kappa shape index (κ2) is 5.37. The number of carbonyl (C=O) groups is 1. The van der Waals surface area contributed by atoms with Gasteiger partial charge < -0.3 is 15.4 Å². The molecule has 4 heteroatoms. The molecule has 0 radical (unpaired) electrons. The predicted molar refractivity (Wildman–Crippen MR) is 92.3 cm³/mol. The minimum atomic E-state index is -0.423. The second-order valence-electron chi connectivity index (χ2n) is 10.0. The van der Waals surface area contributed by atoms with Crippen molar-refractivity contribution in [3.8, 4) is 0 Å². The van der Waals surface area contributed by atoms with E-state index in [4.69, 9.17) is 4.74 Å². The number of ether oxygens (including phenoxy) is 1. The molecule has 0 aromatic carbocycles. The van der Waals surface area contributed by atoms with E-state index in [0.29, 0.717) is 22.9 Å². The first kappa shape index (κ1) is 17.1. The molecule has 23 heavy (non-hydrogen) atoms. The normalized spacial score (nSPS) is 41.5. The van der Waals surface area contributed by atoms with Crippen LogP contribution in [0.5, 0.6) is 0 Å². The van der Waals surface area contributed by atoms with Crippen molar-refractivity contribution in [2.24, 2.45) is 16.7 Å². The van der Waals surface area contributed by atoms with E-state index in [1.807, 2.05) is 20.8 Å². The van der Waals surface area contributed by atoms with Crippen LogP contribution < -0.4 is 10.6 Å². The molecule has 132 valence electrons. The minimum Gasteiger partial charge on any atom is -0.444 e. The van der Waals surface area contributed by atoms with Gasteiger partial charge in [0.05, 0.1) is 0 Å². The number of carbonyl (C=O) groups excluding carboxylic acids is 1. The highest BCUT2D eigenvalue weighted by Crippen LogP contribution is 2.62. The zero-order valence-corrected chi connectivity index (χ0v) is 15.7. The highest BCUT2D eigenvalue weighted by Gasteiger charge is 2.59. The van der Waals surface area contributed by atoms with E-state index in [2.05, 4.69) is 31.4 Å². The van der Waals surface area contributed by atoms with Crippen LogP contribution in [0.2, 0.25) is 0 Å². The number of hydrogen-bond acceptors (Lipinski definition) is 3. The van der Waals surface area contributed by atoms with Crippen LogP contribution in [-0.2, 0) is 4.74 Å². The minimum absolute atomic E-state index is 0.261. The van der Waals surface area contributed by atoms with Gasteiger partial charge in [0, 0.05) is 18.1 Å².